The van der Waals surface area contributed by atoms with Crippen LogP contribution < -0.4 is 10.5 Å². The third-order valence-corrected chi connectivity index (χ3v) is 3.33. The topological polar surface area (TPSA) is 89.3 Å². The van der Waals surface area contributed by atoms with E-state index in [2.05, 4.69) is 5.32 Å². The van der Waals surface area contributed by atoms with Gasteiger partial charge in [0.25, 0.3) is 0 Å². The molecule has 0 bridgehead atoms. The maximum atomic E-state index is 13.3. The number of nitrogens with one attached hydrogen (secondary N) is 1. The van der Waals surface area contributed by atoms with Crippen LogP contribution in [0.1, 0.15) is 26.7 Å². The molecule has 0 radical (unpaired) electrons. The van der Waals surface area contributed by atoms with Gasteiger partial charge in [-0.2, -0.15) is 0 Å². The third kappa shape index (κ3) is 5.35. The molecule has 0 aromatic heterocycles. The largest absolute Gasteiger partial charge is 0.326 e. The first-order chi connectivity index (χ1) is 8.68. The van der Waals surface area contributed by atoms with Gasteiger partial charge >= 0.3 is 0 Å². The van der Waals surface area contributed by atoms with Crippen LogP contribution >= 0.6 is 0 Å². The summed E-state index contributed by atoms with van der Waals surface area (Å²) in [6.07, 6.45) is 0.988. The van der Waals surface area contributed by atoms with E-state index < -0.39 is 15.8 Å². The van der Waals surface area contributed by atoms with E-state index in [4.69, 9.17) is 5.14 Å². The van der Waals surface area contributed by atoms with E-state index >= 15 is 0 Å². The van der Waals surface area contributed by atoms with Gasteiger partial charge in [0.1, 0.15) is 5.82 Å². The molecule has 0 atom stereocenters. The fraction of sp³-hybridized carbons (Fsp3) is 0.417. The molecule has 0 fully saturated rings. The molecule has 0 aliphatic rings. The van der Waals surface area contributed by atoms with Crippen molar-refractivity contribution in [3.63, 3.8) is 0 Å². The van der Waals surface area contributed by atoms with Crippen molar-refractivity contribution in [2.24, 2.45) is 11.1 Å². The van der Waals surface area contributed by atoms with Crippen LogP contribution in [0.25, 0.3) is 0 Å². The van der Waals surface area contributed by atoms with Crippen LogP contribution in [0.5, 0.6) is 0 Å². The van der Waals surface area contributed by atoms with Crippen LogP contribution in [0.2, 0.25) is 0 Å². The molecule has 1 rings (SSSR count). The summed E-state index contributed by atoms with van der Waals surface area (Å²) >= 11 is 0. The van der Waals surface area contributed by atoms with Crippen LogP contribution in [-0.4, -0.2) is 14.3 Å². The first kappa shape index (κ1) is 15.6. The number of rotatable bonds is 5. The van der Waals surface area contributed by atoms with E-state index in [0.717, 1.165) is 18.2 Å². The zero-order valence-corrected chi connectivity index (χ0v) is 11.6. The maximum Gasteiger partial charge on any atom is 0.238 e. The monoisotopic (exact) mass is 288 g/mol. The van der Waals surface area contributed by atoms with E-state index in [1.54, 1.807) is 0 Å². The summed E-state index contributed by atoms with van der Waals surface area (Å²) in [5.41, 5.74) is 0.0813. The van der Waals surface area contributed by atoms with Crippen molar-refractivity contribution >= 4 is 21.6 Å². The number of primary sulfonamides is 1. The van der Waals surface area contributed by atoms with Gasteiger partial charge in [0, 0.05) is 12.1 Å². The molecule has 1 aromatic carbocycles. The van der Waals surface area contributed by atoms with Gasteiger partial charge in [-0.15, -0.1) is 0 Å². The molecule has 0 heterocycles. The lowest BCUT2D eigenvalue weighted by Crippen LogP contribution is -2.15. The van der Waals surface area contributed by atoms with Crippen molar-refractivity contribution in [3.8, 4) is 0 Å². The summed E-state index contributed by atoms with van der Waals surface area (Å²) < 4.78 is 35.5. The number of hydrogen-bond donors (Lipinski definition) is 2. The number of sulfonamides is 1. The summed E-state index contributed by atoms with van der Waals surface area (Å²) in [5, 5.41) is 7.37. The molecule has 7 heteroatoms. The Morgan fingerprint density at radius 2 is 2.00 bits per heavy atom. The number of hydrogen-bond acceptors (Lipinski definition) is 3. The van der Waals surface area contributed by atoms with Crippen molar-refractivity contribution in [1.82, 2.24) is 0 Å². The highest BCUT2D eigenvalue weighted by Crippen LogP contribution is 2.17. The van der Waals surface area contributed by atoms with Crippen molar-refractivity contribution in [3.05, 3.63) is 24.0 Å². The number of halogens is 1. The molecule has 106 valence electrons. The van der Waals surface area contributed by atoms with Crippen LogP contribution in [-0.2, 0) is 14.8 Å². The summed E-state index contributed by atoms with van der Waals surface area (Å²) in [6.45, 7) is 3.96. The van der Waals surface area contributed by atoms with Gasteiger partial charge in [-0.3, -0.25) is 4.79 Å². The minimum absolute atomic E-state index is 0.0813. The highest BCUT2D eigenvalue weighted by molar-refractivity contribution is 7.89. The van der Waals surface area contributed by atoms with Crippen molar-refractivity contribution in [2.45, 2.75) is 31.6 Å². The first-order valence-electron chi connectivity index (χ1n) is 5.81. The van der Waals surface area contributed by atoms with Crippen LogP contribution in [0, 0.1) is 11.7 Å². The fourth-order valence-electron chi connectivity index (χ4n) is 1.44. The number of amides is 1. The Hall–Kier alpha value is -1.47. The third-order valence-electron chi connectivity index (χ3n) is 2.43. The van der Waals surface area contributed by atoms with Crippen molar-refractivity contribution < 1.29 is 17.6 Å². The molecule has 0 aliphatic heterocycles. The summed E-state index contributed by atoms with van der Waals surface area (Å²) in [5.74, 6) is -0.691. The minimum atomic E-state index is -4.00. The van der Waals surface area contributed by atoms with Gasteiger partial charge in [0.05, 0.1) is 4.90 Å². The average Bonchev–Trinajstić information content (AvgIpc) is 2.24. The molecular weight excluding hydrogens is 271 g/mol. The lowest BCUT2D eigenvalue weighted by atomic mass is 10.1. The van der Waals surface area contributed by atoms with Crippen molar-refractivity contribution in [2.75, 3.05) is 5.32 Å². The zero-order valence-electron chi connectivity index (χ0n) is 10.8. The van der Waals surface area contributed by atoms with Gasteiger partial charge in [0.15, 0.2) is 0 Å². The van der Waals surface area contributed by atoms with E-state index in [1.165, 1.54) is 0 Å². The number of benzene rings is 1. The van der Waals surface area contributed by atoms with Crippen molar-refractivity contribution in [1.29, 1.82) is 0 Å². The Morgan fingerprint density at radius 1 is 1.37 bits per heavy atom. The van der Waals surface area contributed by atoms with E-state index in [0.29, 0.717) is 18.8 Å². The highest BCUT2D eigenvalue weighted by Gasteiger charge is 2.12. The molecule has 19 heavy (non-hydrogen) atoms. The van der Waals surface area contributed by atoms with Gasteiger partial charge in [-0.05, 0) is 30.5 Å². The second kappa shape index (κ2) is 6.12. The Balaban J connectivity index is 2.85. The standard InChI is InChI=1S/C12H17FN2O3S/c1-8(2)3-4-12(16)15-10-5-9(13)6-11(7-10)19(14,17)18/h5-8H,3-4H2,1-2H3,(H,15,16)(H2,14,17,18). The number of carbonyl (C=O) groups is 1. The predicted molar refractivity (Wildman–Crippen MR) is 70.5 cm³/mol. The maximum absolute atomic E-state index is 13.3. The average molecular weight is 288 g/mol. The molecule has 3 N–H and O–H groups in total. The summed E-state index contributed by atoms with van der Waals surface area (Å²) in [6, 6.07) is 2.98. The Bertz CT molecular complexity index is 570. The number of nitrogens with two attached hydrogens (primary N) is 1. The number of anilines is 1. The van der Waals surface area contributed by atoms with Crippen LogP contribution in [0.15, 0.2) is 23.1 Å². The molecule has 5 nitrogen and oxygen atoms in total. The van der Waals surface area contributed by atoms with Crippen LogP contribution in [0.4, 0.5) is 10.1 Å². The SMILES string of the molecule is CC(C)CCC(=O)Nc1cc(F)cc(S(N)(=O)=O)c1. The van der Waals surface area contributed by atoms with Gasteiger partial charge in [-0.25, -0.2) is 17.9 Å². The zero-order chi connectivity index (χ0) is 14.6. The molecular formula is C12H17FN2O3S. The molecule has 0 saturated carbocycles. The molecule has 1 aromatic rings. The number of carbonyl (C=O) groups excluding carboxylic acids is 1. The summed E-state index contributed by atoms with van der Waals surface area (Å²) in [7, 11) is -4.00. The lowest BCUT2D eigenvalue weighted by molar-refractivity contribution is -0.116. The molecule has 0 saturated heterocycles. The van der Waals surface area contributed by atoms with Gasteiger partial charge in [0.2, 0.25) is 15.9 Å². The Morgan fingerprint density at radius 3 is 2.53 bits per heavy atom. The first-order valence-corrected chi connectivity index (χ1v) is 7.36. The highest BCUT2D eigenvalue weighted by atomic mass is 32.2. The normalized spacial score (nSPS) is 11.6. The fourth-order valence-corrected chi connectivity index (χ4v) is 2.01. The van der Waals surface area contributed by atoms with E-state index in [-0.39, 0.29) is 16.5 Å². The predicted octanol–water partition coefficient (Wildman–Crippen LogP) is 1.85. The van der Waals surface area contributed by atoms with Gasteiger partial charge < -0.3 is 5.32 Å². The second-order valence-corrected chi connectivity index (χ2v) is 6.26. The Labute approximate surface area is 112 Å². The Kier molecular flexibility index (Phi) is 5.02. The quantitative estimate of drug-likeness (QED) is 0.866. The lowest BCUT2D eigenvalue weighted by Gasteiger charge is -2.08. The molecule has 0 aliphatic carbocycles. The smallest absolute Gasteiger partial charge is 0.238 e. The molecule has 1 amide bonds. The van der Waals surface area contributed by atoms with Crippen LogP contribution in [0.3, 0.4) is 0 Å². The van der Waals surface area contributed by atoms with Gasteiger partial charge in [-0.1, -0.05) is 13.8 Å². The minimum Gasteiger partial charge on any atom is -0.326 e. The van der Waals surface area contributed by atoms with E-state index in [1.807, 2.05) is 13.8 Å². The molecule has 0 spiro atoms. The second-order valence-electron chi connectivity index (χ2n) is 4.70. The van der Waals surface area contributed by atoms with E-state index in [9.17, 15) is 17.6 Å². The molecule has 0 unspecified atom stereocenters. The summed E-state index contributed by atoms with van der Waals surface area (Å²) in [4.78, 5) is 11.2.